The number of carbonyl (C=O) groups excluding carboxylic acids is 1. The Balaban J connectivity index is 2.15. The number of benzene rings is 1. The van der Waals surface area contributed by atoms with Crippen LogP contribution in [0.2, 0.25) is 0 Å². The average Bonchev–Trinajstić information content (AvgIpc) is 2.98. The highest BCUT2D eigenvalue weighted by atomic mass is 19.3. The number of ether oxygens (including phenoxy) is 2. The highest BCUT2D eigenvalue weighted by Crippen LogP contribution is 2.29. The molecule has 6 nitrogen and oxygen atoms in total. The largest absolute Gasteiger partial charge is 0.493 e. The van der Waals surface area contributed by atoms with E-state index in [2.05, 4.69) is 15.3 Å². The van der Waals surface area contributed by atoms with Crippen molar-refractivity contribution < 1.29 is 27.5 Å². The van der Waals surface area contributed by atoms with Crippen LogP contribution in [0.15, 0.2) is 40.0 Å². The van der Waals surface area contributed by atoms with Crippen molar-refractivity contribution in [3.05, 3.63) is 47.4 Å². The van der Waals surface area contributed by atoms with E-state index >= 15 is 0 Å². The summed E-state index contributed by atoms with van der Waals surface area (Å²) in [6.07, 6.45) is 1.41. The molecule has 1 amide bonds. The van der Waals surface area contributed by atoms with Gasteiger partial charge in [-0.15, -0.1) is 0 Å². The maximum absolute atomic E-state index is 12.3. The first-order valence-corrected chi connectivity index (χ1v) is 6.94. The Morgan fingerprint density at radius 2 is 2.04 bits per heavy atom. The number of nitrogens with zero attached hydrogens (tertiary/aromatic N) is 1. The number of alkyl halides is 2. The summed E-state index contributed by atoms with van der Waals surface area (Å²) in [5.41, 5.74) is 3.83. The van der Waals surface area contributed by atoms with Crippen LogP contribution < -0.4 is 14.9 Å². The second kappa shape index (κ2) is 7.58. The summed E-state index contributed by atoms with van der Waals surface area (Å²) in [5.74, 6) is 0.127. The molecule has 2 rings (SSSR count). The monoisotopic (exact) mass is 338 g/mol. The van der Waals surface area contributed by atoms with Crippen molar-refractivity contribution in [2.45, 2.75) is 20.5 Å². The van der Waals surface area contributed by atoms with Crippen molar-refractivity contribution in [1.82, 2.24) is 5.43 Å². The first-order valence-electron chi connectivity index (χ1n) is 6.94. The molecule has 0 saturated heterocycles. The van der Waals surface area contributed by atoms with Crippen LogP contribution in [0.5, 0.6) is 11.5 Å². The van der Waals surface area contributed by atoms with Gasteiger partial charge in [-0.25, -0.2) is 5.43 Å². The molecule has 24 heavy (non-hydrogen) atoms. The third kappa shape index (κ3) is 4.09. The lowest BCUT2D eigenvalue weighted by molar-refractivity contribution is -0.0512. The maximum Gasteiger partial charge on any atom is 0.387 e. The number of hydrogen-bond donors (Lipinski definition) is 1. The molecule has 0 aliphatic rings. The molecule has 1 aromatic carbocycles. The smallest absolute Gasteiger partial charge is 0.387 e. The molecule has 0 unspecified atom stereocenters. The van der Waals surface area contributed by atoms with E-state index in [0.717, 1.165) is 0 Å². The van der Waals surface area contributed by atoms with Crippen molar-refractivity contribution in [2.75, 3.05) is 7.11 Å². The number of halogens is 2. The SMILES string of the molecule is COc1cc(/C(C)=N\NC(=O)c2ccoc2C)ccc1OC(F)F. The van der Waals surface area contributed by atoms with Gasteiger partial charge in [0.15, 0.2) is 11.5 Å². The molecule has 0 aliphatic carbocycles. The van der Waals surface area contributed by atoms with Crippen LogP contribution in [0, 0.1) is 6.92 Å². The predicted molar refractivity (Wildman–Crippen MR) is 82.7 cm³/mol. The first-order chi connectivity index (χ1) is 11.4. The van der Waals surface area contributed by atoms with Crippen LogP contribution in [0.1, 0.15) is 28.6 Å². The fraction of sp³-hybridized carbons (Fsp3) is 0.250. The number of methoxy groups -OCH3 is 1. The van der Waals surface area contributed by atoms with E-state index in [0.29, 0.717) is 22.6 Å². The second-order valence-electron chi connectivity index (χ2n) is 4.77. The van der Waals surface area contributed by atoms with Crippen molar-refractivity contribution in [2.24, 2.45) is 5.10 Å². The Kier molecular flexibility index (Phi) is 5.51. The molecule has 0 saturated carbocycles. The van der Waals surface area contributed by atoms with Gasteiger partial charge in [0.2, 0.25) is 0 Å². The first kappa shape index (κ1) is 17.5. The Bertz CT molecular complexity index is 756. The van der Waals surface area contributed by atoms with Gasteiger partial charge in [0.1, 0.15) is 5.76 Å². The van der Waals surface area contributed by atoms with Gasteiger partial charge in [0.05, 0.1) is 24.6 Å². The van der Waals surface area contributed by atoms with E-state index in [9.17, 15) is 13.6 Å². The molecule has 1 aromatic heterocycles. The van der Waals surface area contributed by atoms with Crippen molar-refractivity contribution in [3.8, 4) is 11.5 Å². The summed E-state index contributed by atoms with van der Waals surface area (Å²) in [7, 11) is 1.34. The van der Waals surface area contributed by atoms with Gasteiger partial charge in [-0.05, 0) is 38.1 Å². The van der Waals surface area contributed by atoms with Crippen LogP contribution in [-0.4, -0.2) is 25.3 Å². The molecule has 0 fully saturated rings. The van der Waals surface area contributed by atoms with Gasteiger partial charge in [-0.2, -0.15) is 13.9 Å². The summed E-state index contributed by atoms with van der Waals surface area (Å²) in [6.45, 7) is 0.375. The van der Waals surface area contributed by atoms with Crippen molar-refractivity contribution in [1.29, 1.82) is 0 Å². The molecule has 0 aliphatic heterocycles. The normalized spacial score (nSPS) is 11.5. The van der Waals surface area contributed by atoms with Crippen molar-refractivity contribution >= 4 is 11.6 Å². The number of carbonyl (C=O) groups is 1. The summed E-state index contributed by atoms with van der Waals surface area (Å²) >= 11 is 0. The number of aryl methyl sites for hydroxylation is 1. The highest BCUT2D eigenvalue weighted by molar-refractivity contribution is 6.01. The van der Waals surface area contributed by atoms with Crippen LogP contribution >= 0.6 is 0 Å². The van der Waals surface area contributed by atoms with Gasteiger partial charge < -0.3 is 13.9 Å². The van der Waals surface area contributed by atoms with Gasteiger partial charge >= 0.3 is 6.61 Å². The zero-order valence-electron chi connectivity index (χ0n) is 13.3. The van der Waals surface area contributed by atoms with Gasteiger partial charge in [-0.3, -0.25) is 4.79 Å². The van der Waals surface area contributed by atoms with E-state index in [1.54, 1.807) is 13.8 Å². The van der Waals surface area contributed by atoms with E-state index < -0.39 is 12.5 Å². The quantitative estimate of drug-likeness (QED) is 0.647. The zero-order valence-corrected chi connectivity index (χ0v) is 13.3. The number of amides is 1. The van der Waals surface area contributed by atoms with Gasteiger partial charge in [-0.1, -0.05) is 0 Å². The zero-order chi connectivity index (χ0) is 17.7. The van der Waals surface area contributed by atoms with E-state index in [4.69, 9.17) is 9.15 Å². The number of hydrazone groups is 1. The molecule has 0 radical (unpaired) electrons. The Morgan fingerprint density at radius 1 is 1.29 bits per heavy atom. The second-order valence-corrected chi connectivity index (χ2v) is 4.77. The van der Waals surface area contributed by atoms with Crippen LogP contribution in [0.4, 0.5) is 8.78 Å². The summed E-state index contributed by atoms with van der Waals surface area (Å²) in [4.78, 5) is 12.0. The molecule has 2 aromatic rings. The Hall–Kier alpha value is -2.90. The maximum atomic E-state index is 12.3. The lowest BCUT2D eigenvalue weighted by Crippen LogP contribution is -2.19. The van der Waals surface area contributed by atoms with Crippen molar-refractivity contribution in [3.63, 3.8) is 0 Å². The molecule has 128 valence electrons. The third-order valence-corrected chi connectivity index (χ3v) is 3.23. The average molecular weight is 338 g/mol. The summed E-state index contributed by atoms with van der Waals surface area (Å²) in [5, 5.41) is 3.99. The number of hydrogen-bond acceptors (Lipinski definition) is 5. The van der Waals surface area contributed by atoms with E-state index in [-0.39, 0.29) is 11.5 Å². The van der Waals surface area contributed by atoms with Crippen LogP contribution in [0.25, 0.3) is 0 Å². The molecule has 0 bridgehead atoms. The lowest BCUT2D eigenvalue weighted by atomic mass is 10.1. The van der Waals surface area contributed by atoms with Gasteiger partial charge in [0.25, 0.3) is 5.91 Å². The lowest BCUT2D eigenvalue weighted by Gasteiger charge is -2.11. The topological polar surface area (TPSA) is 73.1 Å². The standard InChI is InChI=1S/C16H16F2N2O4/c1-9(19-20-15(21)12-6-7-23-10(12)2)11-4-5-13(24-16(17)18)14(8-11)22-3/h4-8,16H,1-3H3,(H,20,21)/b19-9-. The van der Waals surface area contributed by atoms with E-state index in [1.165, 1.54) is 37.6 Å². The Morgan fingerprint density at radius 3 is 2.62 bits per heavy atom. The summed E-state index contributed by atoms with van der Waals surface area (Å²) < 4.78 is 39.1. The fourth-order valence-electron chi connectivity index (χ4n) is 1.97. The minimum Gasteiger partial charge on any atom is -0.493 e. The Labute approximate surface area is 137 Å². The number of furan rings is 1. The molecular formula is C16H16F2N2O4. The minimum atomic E-state index is -2.95. The highest BCUT2D eigenvalue weighted by Gasteiger charge is 2.13. The third-order valence-electron chi connectivity index (χ3n) is 3.23. The molecule has 8 heteroatoms. The minimum absolute atomic E-state index is 0.0814. The molecular weight excluding hydrogens is 322 g/mol. The molecule has 0 atom stereocenters. The molecule has 1 heterocycles. The predicted octanol–water partition coefficient (Wildman–Crippen LogP) is 3.35. The van der Waals surface area contributed by atoms with E-state index in [1.807, 2.05) is 0 Å². The van der Waals surface area contributed by atoms with Crippen LogP contribution in [0.3, 0.4) is 0 Å². The van der Waals surface area contributed by atoms with Crippen LogP contribution in [-0.2, 0) is 0 Å². The fourth-order valence-corrected chi connectivity index (χ4v) is 1.97. The molecule has 0 spiro atoms. The number of rotatable bonds is 6. The number of nitrogens with one attached hydrogen (secondary N) is 1. The molecule has 1 N–H and O–H groups in total. The summed E-state index contributed by atoms with van der Waals surface area (Å²) in [6, 6.07) is 5.91. The van der Waals surface area contributed by atoms with Gasteiger partial charge in [0, 0.05) is 5.56 Å².